The largest absolute Gasteiger partial charge is 3.00 e. The molecule has 4 heteroatoms. The smallest absolute Gasteiger partial charge is 3.00 e. The van der Waals surface area contributed by atoms with E-state index in [0.717, 1.165) is 0 Å². The SMILES string of the molecule is [C-]#[O+].[C-]#[O+].[C-]#[O+].[Co+3]. The first-order valence-electron chi connectivity index (χ1n) is 0.612. The van der Waals surface area contributed by atoms with Crippen molar-refractivity contribution >= 4 is 0 Å². The molecule has 0 aliphatic heterocycles. The molecule has 0 saturated carbocycles. The zero-order chi connectivity index (χ0) is 6.00. The first kappa shape index (κ1) is 29.7. The van der Waals surface area contributed by atoms with Gasteiger partial charge in [-0.25, -0.2) is 0 Å². The minimum atomic E-state index is 0. The molecular formula is C3CoO3+3. The van der Waals surface area contributed by atoms with Crippen LogP contribution in [0.5, 0.6) is 0 Å². The van der Waals surface area contributed by atoms with Crippen molar-refractivity contribution in [3.8, 4) is 0 Å². The summed E-state index contributed by atoms with van der Waals surface area (Å²) in [6, 6.07) is 0. The van der Waals surface area contributed by atoms with E-state index in [0.29, 0.717) is 0 Å². The zero-order valence-electron chi connectivity index (χ0n) is 3.06. The molecule has 0 N–H and O–H groups in total. The summed E-state index contributed by atoms with van der Waals surface area (Å²) in [5.41, 5.74) is 0. The van der Waals surface area contributed by atoms with Gasteiger partial charge in [-0.05, 0) is 0 Å². The summed E-state index contributed by atoms with van der Waals surface area (Å²) >= 11 is 0. The van der Waals surface area contributed by atoms with Gasteiger partial charge in [0.15, 0.2) is 0 Å². The van der Waals surface area contributed by atoms with Crippen molar-refractivity contribution in [1.82, 2.24) is 0 Å². The summed E-state index contributed by atoms with van der Waals surface area (Å²) in [5.74, 6) is 0. The quantitative estimate of drug-likeness (QED) is 0.335. The molecule has 0 heterocycles. The van der Waals surface area contributed by atoms with Gasteiger partial charge in [-0.2, -0.15) is 0 Å². The molecule has 0 aliphatic carbocycles. The molecule has 0 unspecified atom stereocenters. The van der Waals surface area contributed by atoms with E-state index in [2.05, 4.69) is 20.0 Å². The molecule has 7 heavy (non-hydrogen) atoms. The molecule has 0 spiro atoms. The summed E-state index contributed by atoms with van der Waals surface area (Å²) < 4.78 is 22.5. The molecule has 0 fully saturated rings. The summed E-state index contributed by atoms with van der Waals surface area (Å²) in [7, 11) is 0. The van der Waals surface area contributed by atoms with Crippen LogP contribution in [0.1, 0.15) is 0 Å². The van der Waals surface area contributed by atoms with Gasteiger partial charge in [0.1, 0.15) is 0 Å². The van der Waals surface area contributed by atoms with Crippen molar-refractivity contribution in [3.63, 3.8) is 0 Å². The van der Waals surface area contributed by atoms with E-state index < -0.39 is 0 Å². The van der Waals surface area contributed by atoms with Gasteiger partial charge in [0, 0.05) is 0 Å². The molecule has 0 aromatic carbocycles. The second-order valence-corrected chi connectivity index (χ2v) is 0. The van der Waals surface area contributed by atoms with Gasteiger partial charge >= 0.3 is 50.7 Å². The van der Waals surface area contributed by atoms with E-state index in [-0.39, 0.29) is 16.8 Å². The number of hydrogen-bond acceptors (Lipinski definition) is 0. The molecule has 0 bridgehead atoms. The van der Waals surface area contributed by atoms with E-state index in [1.54, 1.807) is 0 Å². The van der Waals surface area contributed by atoms with E-state index in [4.69, 9.17) is 14.0 Å². The second-order valence-electron chi connectivity index (χ2n) is 0. The van der Waals surface area contributed by atoms with Gasteiger partial charge < -0.3 is 0 Å². The Hall–Kier alpha value is -0.274. The van der Waals surface area contributed by atoms with Crippen LogP contribution in [-0.4, -0.2) is 0 Å². The number of rotatable bonds is 0. The first-order chi connectivity index (χ1) is 3.00. The fourth-order valence-corrected chi connectivity index (χ4v) is 0. The van der Waals surface area contributed by atoms with Crippen LogP contribution in [0, 0.1) is 20.0 Å². The van der Waals surface area contributed by atoms with Gasteiger partial charge in [0.2, 0.25) is 0 Å². The second kappa shape index (κ2) is 1710. The predicted molar refractivity (Wildman–Crippen MR) is 11.8 cm³/mol. The standard InChI is InChI=1S/3CO.Co/c3*1-2;/q;;;+3. The van der Waals surface area contributed by atoms with Crippen LogP contribution in [0.25, 0.3) is 0 Å². The van der Waals surface area contributed by atoms with E-state index >= 15 is 0 Å². The summed E-state index contributed by atoms with van der Waals surface area (Å²) in [6.07, 6.45) is 0. The maximum absolute atomic E-state index is 7.50. The van der Waals surface area contributed by atoms with Gasteiger partial charge in [-0.1, -0.05) is 0 Å². The first-order valence-corrected chi connectivity index (χ1v) is 0.612. The van der Waals surface area contributed by atoms with Crippen LogP contribution in [0.3, 0.4) is 0 Å². The Morgan fingerprint density at radius 1 is 0.571 bits per heavy atom. The van der Waals surface area contributed by atoms with Crippen molar-refractivity contribution in [2.24, 2.45) is 0 Å². The Morgan fingerprint density at radius 3 is 0.571 bits per heavy atom. The molecule has 0 aromatic heterocycles. The molecule has 0 aromatic rings. The fourth-order valence-electron chi connectivity index (χ4n) is 0. The van der Waals surface area contributed by atoms with Crippen molar-refractivity contribution in [2.45, 2.75) is 0 Å². The van der Waals surface area contributed by atoms with Crippen LogP contribution in [0.2, 0.25) is 0 Å². The summed E-state index contributed by atoms with van der Waals surface area (Å²) in [4.78, 5) is 0. The Labute approximate surface area is 51.4 Å². The van der Waals surface area contributed by atoms with Crippen molar-refractivity contribution in [2.75, 3.05) is 0 Å². The average molecular weight is 143 g/mol. The molecule has 36 valence electrons. The molecule has 0 amide bonds. The third-order valence-electron chi connectivity index (χ3n) is 0. The van der Waals surface area contributed by atoms with Crippen molar-refractivity contribution in [3.05, 3.63) is 20.0 Å². The topological polar surface area (TPSA) is 59.7 Å². The minimum absolute atomic E-state index is 0. The Bertz CT molecular complexity index is 38.7. The van der Waals surface area contributed by atoms with Gasteiger partial charge in [0.05, 0.1) is 0 Å². The zero-order valence-corrected chi connectivity index (χ0v) is 4.10. The Balaban J connectivity index is -0.00000000900. The summed E-state index contributed by atoms with van der Waals surface area (Å²) in [6.45, 7) is 13.5. The third kappa shape index (κ3) is 1060. The van der Waals surface area contributed by atoms with Crippen LogP contribution < -0.4 is 0 Å². The van der Waals surface area contributed by atoms with Gasteiger partial charge in [-0.3, -0.25) is 0 Å². The van der Waals surface area contributed by atoms with Crippen LogP contribution >= 0.6 is 0 Å². The molecular weight excluding hydrogens is 143 g/mol. The molecule has 0 aliphatic rings. The molecule has 3 nitrogen and oxygen atoms in total. The normalized spacial score (nSPS) is 0.857. The van der Waals surface area contributed by atoms with Crippen LogP contribution in [0.15, 0.2) is 0 Å². The molecule has 0 atom stereocenters. The van der Waals surface area contributed by atoms with Crippen LogP contribution in [-0.2, 0) is 30.7 Å². The Morgan fingerprint density at radius 2 is 0.571 bits per heavy atom. The molecule has 0 saturated heterocycles. The Kier molecular flexibility index (Phi) is 7250. The van der Waals surface area contributed by atoms with E-state index in [1.807, 2.05) is 0 Å². The maximum atomic E-state index is 7.50. The van der Waals surface area contributed by atoms with Crippen molar-refractivity contribution in [1.29, 1.82) is 0 Å². The van der Waals surface area contributed by atoms with Gasteiger partial charge in [-0.15, -0.1) is 0 Å². The molecule has 0 rings (SSSR count). The molecule has 0 radical (unpaired) electrons. The van der Waals surface area contributed by atoms with Gasteiger partial charge in [0.25, 0.3) is 0 Å². The maximum Gasteiger partial charge on any atom is 3.00 e. The fraction of sp³-hybridized carbons (Fsp3) is 0. The average Bonchev–Trinajstić information content (AvgIpc) is 1.81. The monoisotopic (exact) mass is 143 g/mol. The van der Waals surface area contributed by atoms with Crippen LogP contribution in [0.4, 0.5) is 0 Å². The third-order valence-corrected chi connectivity index (χ3v) is 0. The minimum Gasteiger partial charge on any atom is 3.00 e. The number of hydrogen-bond donors (Lipinski definition) is 0. The van der Waals surface area contributed by atoms with Crippen molar-refractivity contribution < 1.29 is 30.7 Å². The summed E-state index contributed by atoms with van der Waals surface area (Å²) in [5, 5.41) is 0. The van der Waals surface area contributed by atoms with E-state index in [9.17, 15) is 0 Å². The van der Waals surface area contributed by atoms with E-state index in [1.165, 1.54) is 0 Å². The predicted octanol–water partition coefficient (Wildman–Crippen LogP) is -0.115.